The Balaban J connectivity index is 4.67. The van der Waals surface area contributed by atoms with E-state index in [-0.39, 0.29) is 0 Å². The van der Waals surface area contributed by atoms with Crippen molar-refractivity contribution in [3.8, 4) is 0 Å². The van der Waals surface area contributed by atoms with E-state index >= 15 is 0 Å². The standard InChI is InChI=1S/C9H20O6S2/c1-3-4-5-9(7-17(13,14)15)8(2)6-16(10,11)12/h8-9H,3-7H2,1-2H3,(H,10,11,12)(H,13,14,15). The Hall–Kier alpha value is -0.180. The topological polar surface area (TPSA) is 109 Å². The third kappa shape index (κ3) is 9.51. The van der Waals surface area contributed by atoms with Crippen LogP contribution in [0, 0.1) is 11.8 Å². The first-order valence-electron chi connectivity index (χ1n) is 5.45. The predicted octanol–water partition coefficient (Wildman–Crippen LogP) is 1.20. The normalized spacial score (nSPS) is 16.7. The second kappa shape index (κ2) is 6.67. The van der Waals surface area contributed by atoms with E-state index in [0.717, 1.165) is 12.8 Å². The van der Waals surface area contributed by atoms with Gasteiger partial charge in [0, 0.05) is 0 Å². The smallest absolute Gasteiger partial charge is 0.265 e. The molecule has 0 fully saturated rings. The SMILES string of the molecule is CCCCC(CS(=O)(=O)O)C(C)CS(=O)(=O)O. The van der Waals surface area contributed by atoms with E-state index in [1.807, 2.05) is 6.92 Å². The highest BCUT2D eigenvalue weighted by atomic mass is 32.2. The van der Waals surface area contributed by atoms with Crippen molar-refractivity contribution < 1.29 is 25.9 Å². The van der Waals surface area contributed by atoms with Gasteiger partial charge in [-0.1, -0.05) is 26.7 Å². The van der Waals surface area contributed by atoms with Crippen molar-refractivity contribution in [2.75, 3.05) is 11.5 Å². The van der Waals surface area contributed by atoms with Gasteiger partial charge in [-0.3, -0.25) is 9.11 Å². The van der Waals surface area contributed by atoms with Gasteiger partial charge in [0.15, 0.2) is 0 Å². The van der Waals surface area contributed by atoms with E-state index in [4.69, 9.17) is 9.11 Å². The highest BCUT2D eigenvalue weighted by Gasteiger charge is 2.25. The zero-order valence-electron chi connectivity index (χ0n) is 10.0. The van der Waals surface area contributed by atoms with Gasteiger partial charge in [-0.05, 0) is 18.3 Å². The van der Waals surface area contributed by atoms with Gasteiger partial charge in [-0.25, -0.2) is 0 Å². The summed E-state index contributed by atoms with van der Waals surface area (Å²) in [6.07, 6.45) is 2.10. The van der Waals surface area contributed by atoms with E-state index in [1.165, 1.54) is 0 Å². The van der Waals surface area contributed by atoms with Crippen molar-refractivity contribution in [3.05, 3.63) is 0 Å². The number of rotatable bonds is 8. The van der Waals surface area contributed by atoms with E-state index in [2.05, 4.69) is 0 Å². The van der Waals surface area contributed by atoms with Crippen LogP contribution in [0.25, 0.3) is 0 Å². The molecule has 0 radical (unpaired) electrons. The highest BCUT2D eigenvalue weighted by Crippen LogP contribution is 2.21. The number of hydrogen-bond donors (Lipinski definition) is 2. The minimum absolute atomic E-state index is 0.466. The lowest BCUT2D eigenvalue weighted by molar-refractivity contribution is 0.359. The zero-order chi connectivity index (χ0) is 13.7. The van der Waals surface area contributed by atoms with Crippen molar-refractivity contribution in [1.29, 1.82) is 0 Å². The Morgan fingerprint density at radius 1 is 1.00 bits per heavy atom. The molecule has 0 saturated carbocycles. The number of hydrogen-bond acceptors (Lipinski definition) is 4. The van der Waals surface area contributed by atoms with Crippen LogP contribution < -0.4 is 0 Å². The van der Waals surface area contributed by atoms with Crippen molar-refractivity contribution in [3.63, 3.8) is 0 Å². The van der Waals surface area contributed by atoms with Crippen LogP contribution in [-0.2, 0) is 20.2 Å². The molecule has 0 rings (SSSR count). The molecule has 0 saturated heterocycles. The van der Waals surface area contributed by atoms with Gasteiger partial charge >= 0.3 is 0 Å². The van der Waals surface area contributed by atoms with Gasteiger partial charge in [0.1, 0.15) is 0 Å². The maximum absolute atomic E-state index is 10.8. The molecule has 0 amide bonds. The molecule has 0 aliphatic carbocycles. The lowest BCUT2D eigenvalue weighted by atomic mass is 9.92. The van der Waals surface area contributed by atoms with Gasteiger partial charge in [0.2, 0.25) is 0 Å². The first-order valence-corrected chi connectivity index (χ1v) is 8.67. The molecule has 8 heteroatoms. The zero-order valence-corrected chi connectivity index (χ0v) is 11.7. The van der Waals surface area contributed by atoms with Crippen LogP contribution >= 0.6 is 0 Å². The van der Waals surface area contributed by atoms with Gasteiger partial charge < -0.3 is 0 Å². The Labute approximate surface area is 103 Å². The molecule has 0 aromatic carbocycles. The second-order valence-corrected chi connectivity index (χ2v) is 7.37. The van der Waals surface area contributed by atoms with Crippen molar-refractivity contribution in [1.82, 2.24) is 0 Å². The monoisotopic (exact) mass is 288 g/mol. The van der Waals surface area contributed by atoms with Crippen molar-refractivity contribution in [2.24, 2.45) is 11.8 Å². The quantitative estimate of drug-likeness (QED) is 0.650. The molecule has 0 heterocycles. The van der Waals surface area contributed by atoms with E-state index in [1.54, 1.807) is 6.92 Å². The van der Waals surface area contributed by atoms with E-state index in [9.17, 15) is 16.8 Å². The molecule has 2 atom stereocenters. The number of unbranched alkanes of at least 4 members (excludes halogenated alkanes) is 1. The molecule has 2 unspecified atom stereocenters. The highest BCUT2D eigenvalue weighted by molar-refractivity contribution is 7.86. The maximum Gasteiger partial charge on any atom is 0.265 e. The third-order valence-electron chi connectivity index (χ3n) is 2.63. The fraction of sp³-hybridized carbons (Fsp3) is 1.00. The minimum atomic E-state index is -4.13. The van der Waals surface area contributed by atoms with Crippen LogP contribution in [0.2, 0.25) is 0 Å². The van der Waals surface area contributed by atoms with Crippen LogP contribution in [-0.4, -0.2) is 37.4 Å². The molecule has 2 N–H and O–H groups in total. The summed E-state index contributed by atoms with van der Waals surface area (Å²) in [5.74, 6) is -1.94. The van der Waals surface area contributed by atoms with Gasteiger partial charge in [0.05, 0.1) is 11.5 Å². The Morgan fingerprint density at radius 2 is 1.47 bits per heavy atom. The molecule has 0 bridgehead atoms. The Bertz CT molecular complexity index is 411. The second-order valence-electron chi connectivity index (χ2n) is 4.38. The summed E-state index contributed by atoms with van der Waals surface area (Å²) in [4.78, 5) is 0. The summed E-state index contributed by atoms with van der Waals surface area (Å²) < 4.78 is 60.6. The van der Waals surface area contributed by atoms with Crippen LogP contribution in [0.1, 0.15) is 33.1 Å². The fourth-order valence-corrected chi connectivity index (χ4v) is 3.71. The van der Waals surface area contributed by atoms with Gasteiger partial charge in [-0.15, -0.1) is 0 Å². The van der Waals surface area contributed by atoms with Gasteiger partial charge in [0.25, 0.3) is 20.2 Å². The predicted molar refractivity (Wildman–Crippen MR) is 65.0 cm³/mol. The lowest BCUT2D eigenvalue weighted by Crippen LogP contribution is -2.27. The molecular formula is C9H20O6S2. The third-order valence-corrected chi connectivity index (χ3v) is 4.43. The molecule has 104 valence electrons. The van der Waals surface area contributed by atoms with Crippen LogP contribution in [0.3, 0.4) is 0 Å². The summed E-state index contributed by atoms with van der Waals surface area (Å²) in [6.45, 7) is 3.48. The average molecular weight is 288 g/mol. The summed E-state index contributed by atoms with van der Waals surface area (Å²) >= 11 is 0. The fourth-order valence-electron chi connectivity index (χ4n) is 1.74. The molecule has 0 aliphatic heterocycles. The van der Waals surface area contributed by atoms with Crippen LogP contribution in [0.5, 0.6) is 0 Å². The summed E-state index contributed by atoms with van der Waals surface area (Å²) in [7, 11) is -8.26. The van der Waals surface area contributed by atoms with Crippen molar-refractivity contribution in [2.45, 2.75) is 33.1 Å². The molecule has 0 aromatic rings. The molecule has 0 aromatic heterocycles. The summed E-state index contributed by atoms with van der Waals surface area (Å²) in [5, 5.41) is 0. The van der Waals surface area contributed by atoms with Crippen molar-refractivity contribution >= 4 is 20.2 Å². The maximum atomic E-state index is 10.8. The summed E-state index contributed by atoms with van der Waals surface area (Å²) in [5.41, 5.74) is 0. The van der Waals surface area contributed by atoms with Crippen LogP contribution in [0.15, 0.2) is 0 Å². The van der Waals surface area contributed by atoms with Crippen LogP contribution in [0.4, 0.5) is 0 Å². The first-order chi connectivity index (χ1) is 7.55. The molecular weight excluding hydrogens is 268 g/mol. The molecule has 0 aliphatic rings. The average Bonchev–Trinajstić information content (AvgIpc) is 2.07. The Kier molecular flexibility index (Phi) is 6.60. The van der Waals surface area contributed by atoms with Gasteiger partial charge in [-0.2, -0.15) is 16.8 Å². The first kappa shape index (κ1) is 16.8. The van der Waals surface area contributed by atoms with E-state index in [0.29, 0.717) is 6.42 Å². The largest absolute Gasteiger partial charge is 0.286 e. The molecule has 6 nitrogen and oxygen atoms in total. The minimum Gasteiger partial charge on any atom is -0.286 e. The van der Waals surface area contributed by atoms with E-state index < -0.39 is 43.6 Å². The molecule has 0 spiro atoms. The Morgan fingerprint density at radius 3 is 1.82 bits per heavy atom. The molecule has 17 heavy (non-hydrogen) atoms. The lowest BCUT2D eigenvalue weighted by Gasteiger charge is -2.21. The summed E-state index contributed by atoms with van der Waals surface area (Å²) in [6, 6.07) is 0.